The lowest BCUT2D eigenvalue weighted by Gasteiger charge is -2.38. The minimum absolute atomic E-state index is 0.185. The number of Topliss-reactive ketones (excluding diaryl/α,β-unsaturated/α-hetero) is 1. The van der Waals surface area contributed by atoms with E-state index in [4.69, 9.17) is 0 Å². The van der Waals surface area contributed by atoms with Crippen LogP contribution >= 0.6 is 15.9 Å². The molecule has 2 fully saturated rings. The molecule has 2 aliphatic heterocycles. The van der Waals surface area contributed by atoms with E-state index in [-0.39, 0.29) is 11.2 Å². The standard InChI is InChI=1S/C24H27BrN2O2/c25-21-8-6-19(7-9-21)18-27-17-13-24(23(27)29)11-15-26(16-12-24)14-10-22(28)20-4-2-1-3-5-20/h1-9H,10-18H2. The van der Waals surface area contributed by atoms with Gasteiger partial charge in [-0.25, -0.2) is 0 Å². The van der Waals surface area contributed by atoms with Crippen LogP contribution in [0.3, 0.4) is 0 Å². The lowest BCUT2D eigenvalue weighted by atomic mass is 9.77. The number of ketones is 1. The summed E-state index contributed by atoms with van der Waals surface area (Å²) in [6, 6.07) is 17.7. The molecule has 29 heavy (non-hydrogen) atoms. The molecule has 0 aromatic heterocycles. The number of amides is 1. The summed E-state index contributed by atoms with van der Waals surface area (Å²) in [6.45, 7) is 4.13. The van der Waals surface area contributed by atoms with Gasteiger partial charge in [0.15, 0.2) is 5.78 Å². The highest BCUT2D eigenvalue weighted by molar-refractivity contribution is 9.10. The molecule has 2 aromatic rings. The topological polar surface area (TPSA) is 40.6 Å². The van der Waals surface area contributed by atoms with Gasteiger partial charge in [0, 0.05) is 36.1 Å². The number of halogens is 1. The minimum Gasteiger partial charge on any atom is -0.338 e. The van der Waals surface area contributed by atoms with Gasteiger partial charge < -0.3 is 9.80 Å². The zero-order valence-corrected chi connectivity index (χ0v) is 18.2. The van der Waals surface area contributed by atoms with E-state index in [1.54, 1.807) is 0 Å². The van der Waals surface area contributed by atoms with Crippen molar-refractivity contribution in [3.63, 3.8) is 0 Å². The molecule has 0 atom stereocenters. The molecule has 1 spiro atoms. The molecule has 0 bridgehead atoms. The van der Waals surface area contributed by atoms with E-state index in [1.807, 2.05) is 47.4 Å². The molecular weight excluding hydrogens is 428 g/mol. The van der Waals surface area contributed by atoms with Gasteiger partial charge in [-0.2, -0.15) is 0 Å². The third-order valence-electron chi connectivity index (χ3n) is 6.45. The van der Waals surface area contributed by atoms with Gasteiger partial charge in [-0.05, 0) is 50.0 Å². The monoisotopic (exact) mass is 454 g/mol. The lowest BCUT2D eigenvalue weighted by molar-refractivity contribution is -0.138. The van der Waals surface area contributed by atoms with Gasteiger partial charge in [0.05, 0.1) is 5.41 Å². The van der Waals surface area contributed by atoms with Gasteiger partial charge in [-0.1, -0.05) is 58.4 Å². The van der Waals surface area contributed by atoms with Crippen molar-refractivity contribution < 1.29 is 9.59 Å². The molecule has 152 valence electrons. The Bertz CT molecular complexity index is 858. The number of benzene rings is 2. The normalized spacial score (nSPS) is 19.1. The molecule has 0 saturated carbocycles. The predicted octanol–water partition coefficient (Wildman–Crippen LogP) is 4.54. The number of likely N-dealkylation sites (tertiary alicyclic amines) is 2. The molecular formula is C24H27BrN2O2. The highest BCUT2D eigenvalue weighted by Gasteiger charge is 2.47. The van der Waals surface area contributed by atoms with Crippen molar-refractivity contribution in [2.75, 3.05) is 26.2 Å². The van der Waals surface area contributed by atoms with Crippen LogP contribution in [0.5, 0.6) is 0 Å². The Morgan fingerprint density at radius 2 is 1.59 bits per heavy atom. The SMILES string of the molecule is O=C(CCN1CCC2(CC1)CCN(Cc1ccc(Br)cc1)C2=O)c1ccccc1. The maximum absolute atomic E-state index is 13.2. The van der Waals surface area contributed by atoms with Crippen LogP contribution in [0.15, 0.2) is 59.1 Å². The lowest BCUT2D eigenvalue weighted by Crippen LogP contribution is -2.45. The van der Waals surface area contributed by atoms with E-state index in [9.17, 15) is 9.59 Å². The molecule has 4 rings (SSSR count). The van der Waals surface area contributed by atoms with Gasteiger partial charge >= 0.3 is 0 Å². The number of carbonyl (C=O) groups excluding carboxylic acids is 2. The molecule has 0 aliphatic carbocycles. The van der Waals surface area contributed by atoms with Gasteiger partial charge in [-0.15, -0.1) is 0 Å². The Balaban J connectivity index is 1.28. The molecule has 2 heterocycles. The van der Waals surface area contributed by atoms with Gasteiger partial charge in [0.1, 0.15) is 0 Å². The number of hydrogen-bond donors (Lipinski definition) is 0. The van der Waals surface area contributed by atoms with E-state index < -0.39 is 0 Å². The Labute approximate surface area is 181 Å². The van der Waals surface area contributed by atoms with Crippen LogP contribution in [0.4, 0.5) is 0 Å². The number of rotatable bonds is 6. The third kappa shape index (κ3) is 4.62. The summed E-state index contributed by atoms with van der Waals surface area (Å²) >= 11 is 3.46. The molecule has 0 N–H and O–H groups in total. The van der Waals surface area contributed by atoms with Crippen molar-refractivity contribution in [3.8, 4) is 0 Å². The summed E-state index contributed by atoms with van der Waals surface area (Å²) < 4.78 is 1.06. The average molecular weight is 455 g/mol. The Morgan fingerprint density at radius 3 is 2.28 bits per heavy atom. The van der Waals surface area contributed by atoms with E-state index in [1.165, 1.54) is 5.56 Å². The highest BCUT2D eigenvalue weighted by atomic mass is 79.9. The first-order valence-electron chi connectivity index (χ1n) is 10.4. The Morgan fingerprint density at radius 1 is 0.931 bits per heavy atom. The largest absolute Gasteiger partial charge is 0.338 e. The summed E-state index contributed by atoms with van der Waals surface area (Å²) in [5.74, 6) is 0.518. The van der Waals surface area contributed by atoms with Crippen LogP contribution in [0.1, 0.15) is 41.6 Å². The van der Waals surface area contributed by atoms with Gasteiger partial charge in [-0.3, -0.25) is 9.59 Å². The quantitative estimate of drug-likeness (QED) is 0.601. The molecule has 0 radical (unpaired) electrons. The van der Waals surface area contributed by atoms with Crippen LogP contribution in [-0.4, -0.2) is 47.7 Å². The second kappa shape index (κ2) is 8.80. The Hall–Kier alpha value is -1.98. The fourth-order valence-corrected chi connectivity index (χ4v) is 4.81. The van der Waals surface area contributed by atoms with Crippen LogP contribution in [0.2, 0.25) is 0 Å². The van der Waals surface area contributed by atoms with Crippen LogP contribution in [0.25, 0.3) is 0 Å². The number of hydrogen-bond acceptors (Lipinski definition) is 3. The first-order valence-corrected chi connectivity index (χ1v) is 11.2. The van der Waals surface area contributed by atoms with E-state index in [0.29, 0.717) is 18.9 Å². The van der Waals surface area contributed by atoms with E-state index in [0.717, 1.165) is 55.5 Å². The van der Waals surface area contributed by atoms with E-state index in [2.05, 4.69) is 33.0 Å². The molecule has 5 heteroatoms. The maximum Gasteiger partial charge on any atom is 0.229 e. The first kappa shape index (κ1) is 20.3. The fraction of sp³-hybridized carbons (Fsp3) is 0.417. The second-order valence-electron chi connectivity index (χ2n) is 8.26. The van der Waals surface area contributed by atoms with E-state index >= 15 is 0 Å². The predicted molar refractivity (Wildman–Crippen MR) is 118 cm³/mol. The number of nitrogens with zero attached hydrogens (tertiary/aromatic N) is 2. The third-order valence-corrected chi connectivity index (χ3v) is 6.98. The van der Waals surface area contributed by atoms with Gasteiger partial charge in [0.2, 0.25) is 5.91 Å². The Kier molecular flexibility index (Phi) is 6.16. The molecule has 2 aliphatic rings. The van der Waals surface area contributed by atoms with Crippen molar-refractivity contribution in [1.82, 2.24) is 9.80 Å². The molecule has 2 saturated heterocycles. The van der Waals surface area contributed by atoms with Crippen molar-refractivity contribution >= 4 is 27.6 Å². The van der Waals surface area contributed by atoms with Crippen molar-refractivity contribution in [3.05, 3.63) is 70.2 Å². The number of carbonyl (C=O) groups is 2. The smallest absolute Gasteiger partial charge is 0.229 e. The summed E-state index contributed by atoms with van der Waals surface area (Å²) in [6.07, 6.45) is 3.31. The summed E-state index contributed by atoms with van der Waals surface area (Å²) in [4.78, 5) is 29.9. The summed E-state index contributed by atoms with van der Waals surface area (Å²) in [5, 5.41) is 0. The minimum atomic E-state index is -0.185. The van der Waals surface area contributed by atoms with Crippen molar-refractivity contribution in [2.24, 2.45) is 5.41 Å². The van der Waals surface area contributed by atoms with Crippen molar-refractivity contribution in [1.29, 1.82) is 0 Å². The zero-order chi connectivity index (χ0) is 20.3. The zero-order valence-electron chi connectivity index (χ0n) is 16.6. The summed E-state index contributed by atoms with van der Waals surface area (Å²) in [5.41, 5.74) is 1.78. The summed E-state index contributed by atoms with van der Waals surface area (Å²) in [7, 11) is 0. The van der Waals surface area contributed by atoms with Gasteiger partial charge in [0.25, 0.3) is 0 Å². The number of piperidine rings is 1. The second-order valence-corrected chi connectivity index (χ2v) is 9.18. The molecule has 1 amide bonds. The van der Waals surface area contributed by atoms with Crippen LogP contribution < -0.4 is 0 Å². The maximum atomic E-state index is 13.2. The molecule has 4 nitrogen and oxygen atoms in total. The molecule has 0 unspecified atom stereocenters. The van der Waals surface area contributed by atoms with Crippen LogP contribution in [-0.2, 0) is 11.3 Å². The first-order chi connectivity index (χ1) is 14.1. The molecule has 2 aromatic carbocycles. The average Bonchev–Trinajstić information content (AvgIpc) is 3.05. The highest BCUT2D eigenvalue weighted by Crippen LogP contribution is 2.42. The van der Waals surface area contributed by atoms with Crippen LogP contribution in [0, 0.1) is 5.41 Å². The fourth-order valence-electron chi connectivity index (χ4n) is 4.55. The van der Waals surface area contributed by atoms with Crippen molar-refractivity contribution in [2.45, 2.75) is 32.2 Å².